The molecule has 34 heavy (non-hydrogen) atoms. The van der Waals surface area contributed by atoms with Crippen molar-refractivity contribution in [2.24, 2.45) is 0 Å². The summed E-state index contributed by atoms with van der Waals surface area (Å²) in [5, 5.41) is 9.58. The molecule has 2 fully saturated rings. The maximum atomic E-state index is 15.0. The summed E-state index contributed by atoms with van der Waals surface area (Å²) in [5.41, 5.74) is 4.36. The first kappa shape index (κ1) is 24.0. The molecule has 1 aromatic heterocycles. The molecule has 0 spiro atoms. The third-order valence-corrected chi connectivity index (χ3v) is 6.31. The fourth-order valence-electron chi connectivity index (χ4n) is 3.92. The number of hydrazine groups is 1. The molecular weight excluding hydrogens is 470 g/mol. The minimum Gasteiger partial charge on any atom is -0.444 e. The number of hydrogen-bond donors (Lipinski definition) is 1. The van der Waals surface area contributed by atoms with Gasteiger partial charge in [-0.1, -0.05) is 0 Å². The molecule has 1 aromatic carbocycles. The number of nitrogens with zero attached hydrogens (tertiary/aromatic N) is 5. The fourth-order valence-corrected chi connectivity index (χ4v) is 4.44. The van der Waals surface area contributed by atoms with Crippen LogP contribution in [0.1, 0.15) is 24.8 Å². The Kier molecular flexibility index (Phi) is 7.32. The summed E-state index contributed by atoms with van der Waals surface area (Å²) < 4.78 is 35.3. The average molecular weight is 495 g/mol. The number of cyclic esters (lactones) is 1. The van der Waals surface area contributed by atoms with Gasteiger partial charge in [-0.15, -0.1) is 21.5 Å². The Bertz CT molecular complexity index is 1050. The van der Waals surface area contributed by atoms with E-state index in [-0.39, 0.29) is 62.1 Å². The van der Waals surface area contributed by atoms with Gasteiger partial charge in [0.2, 0.25) is 5.91 Å². The molecule has 1 atom stereocenters. The Labute approximate surface area is 198 Å². The van der Waals surface area contributed by atoms with Crippen molar-refractivity contribution in [3.63, 3.8) is 0 Å². The molecule has 0 bridgehead atoms. The number of aromatic nitrogens is 2. The first-order valence-electron chi connectivity index (χ1n) is 10.8. The lowest BCUT2D eigenvalue weighted by atomic mass is 10.1. The summed E-state index contributed by atoms with van der Waals surface area (Å²) in [6.45, 7) is 2.57. The van der Waals surface area contributed by atoms with Crippen molar-refractivity contribution in [1.29, 1.82) is 0 Å². The summed E-state index contributed by atoms with van der Waals surface area (Å²) in [6.07, 6.45) is -0.507. The molecule has 2 aliphatic rings. The molecule has 2 aromatic rings. The minimum absolute atomic E-state index is 0.0247. The molecule has 2 saturated heterocycles. The zero-order valence-electron chi connectivity index (χ0n) is 18.5. The van der Waals surface area contributed by atoms with Gasteiger partial charge in [-0.3, -0.25) is 14.7 Å². The van der Waals surface area contributed by atoms with Gasteiger partial charge in [0.25, 0.3) is 0 Å². The second-order valence-electron chi connectivity index (χ2n) is 8.06. The lowest BCUT2D eigenvalue weighted by Crippen LogP contribution is -2.44. The number of hydrogen-bond acceptors (Lipinski definition) is 9. The zero-order chi connectivity index (χ0) is 24.2. The number of carbonyl (C=O) groups excluding carboxylic acids is 3. The Morgan fingerprint density at radius 1 is 1.24 bits per heavy atom. The van der Waals surface area contributed by atoms with Crippen molar-refractivity contribution in [3.05, 3.63) is 34.3 Å². The number of ketones is 1. The maximum Gasteiger partial charge on any atom is 0.414 e. The first-order valence-corrected chi connectivity index (χ1v) is 11.7. The average Bonchev–Trinajstić information content (AvgIpc) is 3.35. The summed E-state index contributed by atoms with van der Waals surface area (Å²) >= 11 is 1.28. The van der Waals surface area contributed by atoms with E-state index >= 15 is 8.78 Å². The third-order valence-electron chi connectivity index (χ3n) is 5.61. The van der Waals surface area contributed by atoms with Gasteiger partial charge in [-0.2, -0.15) is 0 Å². The van der Waals surface area contributed by atoms with Crippen LogP contribution in [0.4, 0.5) is 25.0 Å². The molecule has 4 rings (SSSR count). The molecule has 3 heterocycles. The van der Waals surface area contributed by atoms with E-state index in [1.165, 1.54) is 33.1 Å². The second kappa shape index (κ2) is 10.4. The summed E-state index contributed by atoms with van der Waals surface area (Å²) in [4.78, 5) is 38.6. The van der Waals surface area contributed by atoms with E-state index < -0.39 is 23.8 Å². The number of amides is 2. The van der Waals surface area contributed by atoms with E-state index in [1.807, 2.05) is 0 Å². The van der Waals surface area contributed by atoms with Crippen LogP contribution in [0, 0.1) is 11.6 Å². The molecule has 0 saturated carbocycles. The molecule has 2 aliphatic heterocycles. The lowest BCUT2D eigenvalue weighted by molar-refractivity contribution is -0.133. The Hall–Kier alpha value is -3.19. The van der Waals surface area contributed by atoms with E-state index in [0.717, 1.165) is 12.1 Å². The Morgan fingerprint density at radius 3 is 2.68 bits per heavy atom. The minimum atomic E-state index is -0.816. The smallest absolute Gasteiger partial charge is 0.414 e. The van der Waals surface area contributed by atoms with Crippen molar-refractivity contribution in [2.75, 3.05) is 42.5 Å². The highest BCUT2D eigenvalue weighted by Crippen LogP contribution is 2.31. The first-order chi connectivity index (χ1) is 16.3. The van der Waals surface area contributed by atoms with Gasteiger partial charge in [0, 0.05) is 38.2 Å². The highest BCUT2D eigenvalue weighted by Gasteiger charge is 2.34. The highest BCUT2D eigenvalue weighted by atomic mass is 32.1. The van der Waals surface area contributed by atoms with E-state index in [9.17, 15) is 14.4 Å². The number of halogens is 2. The van der Waals surface area contributed by atoms with Crippen molar-refractivity contribution >= 4 is 40.5 Å². The summed E-state index contributed by atoms with van der Waals surface area (Å²) in [7, 11) is 0. The number of carbonyl (C=O) groups is 3. The van der Waals surface area contributed by atoms with Crippen molar-refractivity contribution in [2.45, 2.75) is 32.3 Å². The van der Waals surface area contributed by atoms with Crippen LogP contribution >= 0.6 is 11.3 Å². The van der Waals surface area contributed by atoms with Crippen molar-refractivity contribution in [3.8, 4) is 0 Å². The van der Waals surface area contributed by atoms with E-state index in [1.54, 1.807) is 5.51 Å². The van der Waals surface area contributed by atoms with Crippen LogP contribution in [0.15, 0.2) is 17.6 Å². The number of rotatable bonds is 7. The van der Waals surface area contributed by atoms with Crippen LogP contribution in [-0.4, -0.2) is 71.8 Å². The molecular formula is C21H24F2N6O4S. The topological polar surface area (TPSA) is 108 Å². The van der Waals surface area contributed by atoms with Crippen LogP contribution in [0.2, 0.25) is 0 Å². The molecule has 1 N–H and O–H groups in total. The monoisotopic (exact) mass is 494 g/mol. The highest BCUT2D eigenvalue weighted by molar-refractivity contribution is 7.09. The largest absolute Gasteiger partial charge is 0.444 e. The van der Waals surface area contributed by atoms with Gasteiger partial charge < -0.3 is 14.4 Å². The molecule has 182 valence electrons. The van der Waals surface area contributed by atoms with Gasteiger partial charge in [0.1, 0.15) is 28.1 Å². The number of nitrogens with one attached hydrogen (secondary N) is 1. The standard InChI is InChI=1S/C21H24F2N6O4S/c1-13(30)2-3-15-11-28(21(32)33-15)14-8-16(22)20(17(23)9-14)27-5-4-25-29(7-6-27)19(31)10-18-26-24-12-34-18/h8-9,12,15,25H,2-7,10-11H2,1H3/t15-/m0/s1. The van der Waals surface area contributed by atoms with Crippen LogP contribution in [0.5, 0.6) is 0 Å². The predicted octanol–water partition coefficient (Wildman–Crippen LogP) is 1.91. The summed E-state index contributed by atoms with van der Waals surface area (Å²) in [6, 6.07) is 2.20. The quantitative estimate of drug-likeness (QED) is 0.622. The van der Waals surface area contributed by atoms with Crippen molar-refractivity contribution < 1.29 is 27.9 Å². The predicted molar refractivity (Wildman–Crippen MR) is 119 cm³/mol. The Balaban J connectivity index is 1.42. The van der Waals surface area contributed by atoms with Gasteiger partial charge in [-0.25, -0.2) is 19.0 Å². The van der Waals surface area contributed by atoms with E-state index in [2.05, 4.69) is 15.6 Å². The van der Waals surface area contributed by atoms with Gasteiger partial charge in [0.05, 0.1) is 25.2 Å². The second-order valence-corrected chi connectivity index (χ2v) is 8.98. The SMILES string of the molecule is CC(=O)CC[C@H]1CN(c2cc(F)c(N3CCNN(C(=O)Cc4nncs4)CC3)c(F)c2)C(=O)O1. The normalized spacial score (nSPS) is 18.7. The maximum absolute atomic E-state index is 15.0. The van der Waals surface area contributed by atoms with Crippen LogP contribution in [-0.2, 0) is 20.7 Å². The number of Topliss-reactive ketones (excluding diaryl/α,β-unsaturated/α-hetero) is 1. The van der Waals surface area contributed by atoms with Crippen LogP contribution in [0.3, 0.4) is 0 Å². The summed E-state index contributed by atoms with van der Waals surface area (Å²) in [5.74, 6) is -1.86. The van der Waals surface area contributed by atoms with E-state index in [4.69, 9.17) is 4.74 Å². The van der Waals surface area contributed by atoms with Gasteiger partial charge in [0.15, 0.2) is 11.6 Å². The molecule has 0 radical (unpaired) electrons. The zero-order valence-corrected chi connectivity index (χ0v) is 19.3. The number of benzene rings is 1. The number of ether oxygens (including phenoxy) is 1. The molecule has 13 heteroatoms. The van der Waals surface area contributed by atoms with E-state index in [0.29, 0.717) is 18.0 Å². The van der Waals surface area contributed by atoms with Gasteiger partial charge >= 0.3 is 6.09 Å². The van der Waals surface area contributed by atoms with Crippen molar-refractivity contribution in [1.82, 2.24) is 20.6 Å². The van der Waals surface area contributed by atoms with Gasteiger partial charge in [-0.05, 0) is 13.3 Å². The van der Waals surface area contributed by atoms with Crippen LogP contribution in [0.25, 0.3) is 0 Å². The lowest BCUT2D eigenvalue weighted by Gasteiger charge is -2.25. The molecule has 0 unspecified atom stereocenters. The molecule has 0 aliphatic carbocycles. The molecule has 10 nitrogen and oxygen atoms in total. The Morgan fingerprint density at radius 2 is 2.00 bits per heavy atom. The third kappa shape index (κ3) is 5.47. The fraction of sp³-hybridized carbons (Fsp3) is 0.476. The van der Waals surface area contributed by atoms with Crippen LogP contribution < -0.4 is 15.2 Å². The number of anilines is 2. The molecule has 2 amide bonds.